The third-order valence-corrected chi connectivity index (χ3v) is 2.58. The number of aryl methyl sites for hydroxylation is 1. The van der Waals surface area contributed by atoms with Crippen molar-refractivity contribution in [3.05, 3.63) is 40.6 Å². The second kappa shape index (κ2) is 4.58. The first-order valence-corrected chi connectivity index (χ1v) is 4.85. The van der Waals surface area contributed by atoms with Crippen LogP contribution in [0, 0.1) is 18.3 Å². The van der Waals surface area contributed by atoms with Crippen LogP contribution in [0.3, 0.4) is 0 Å². The molecule has 0 bridgehead atoms. The SMILES string of the molecule is Cc1ccc(SC(N)=C(N)C#N)cc1. The molecule has 3 nitrogen and oxygen atoms in total. The topological polar surface area (TPSA) is 75.8 Å². The van der Waals surface area contributed by atoms with Gasteiger partial charge < -0.3 is 11.5 Å². The summed E-state index contributed by atoms with van der Waals surface area (Å²) in [5.41, 5.74) is 12.2. The van der Waals surface area contributed by atoms with Gasteiger partial charge in [-0.1, -0.05) is 29.5 Å². The lowest BCUT2D eigenvalue weighted by atomic mass is 10.2. The van der Waals surface area contributed by atoms with Crippen molar-refractivity contribution in [3.8, 4) is 6.07 Å². The molecule has 0 spiro atoms. The first-order chi connectivity index (χ1) is 6.63. The highest BCUT2D eigenvalue weighted by molar-refractivity contribution is 8.03. The van der Waals surface area contributed by atoms with Crippen molar-refractivity contribution < 1.29 is 0 Å². The highest BCUT2D eigenvalue weighted by Crippen LogP contribution is 2.23. The van der Waals surface area contributed by atoms with Crippen molar-refractivity contribution in [2.45, 2.75) is 11.8 Å². The largest absolute Gasteiger partial charge is 0.391 e. The molecule has 0 amide bonds. The van der Waals surface area contributed by atoms with Crippen LogP contribution in [-0.2, 0) is 0 Å². The van der Waals surface area contributed by atoms with Crippen LogP contribution in [0.1, 0.15) is 5.56 Å². The molecule has 0 atom stereocenters. The molecule has 1 aromatic carbocycles. The Labute approximate surface area is 87.4 Å². The lowest BCUT2D eigenvalue weighted by molar-refractivity contribution is 1.32. The second-order valence-electron chi connectivity index (χ2n) is 2.80. The van der Waals surface area contributed by atoms with Crippen molar-refractivity contribution in [1.82, 2.24) is 0 Å². The van der Waals surface area contributed by atoms with E-state index in [0.29, 0.717) is 5.03 Å². The number of rotatable bonds is 2. The van der Waals surface area contributed by atoms with Gasteiger partial charge in [-0.15, -0.1) is 0 Å². The minimum absolute atomic E-state index is 0.0653. The molecule has 0 saturated heterocycles. The lowest BCUT2D eigenvalue weighted by Crippen LogP contribution is -2.04. The Morgan fingerprint density at radius 1 is 1.29 bits per heavy atom. The average Bonchev–Trinajstić information content (AvgIpc) is 2.20. The van der Waals surface area contributed by atoms with E-state index < -0.39 is 0 Å². The molecule has 0 aliphatic rings. The Kier molecular flexibility index (Phi) is 3.43. The van der Waals surface area contributed by atoms with Crippen LogP contribution in [0.25, 0.3) is 0 Å². The van der Waals surface area contributed by atoms with Crippen molar-refractivity contribution in [3.63, 3.8) is 0 Å². The fourth-order valence-corrected chi connectivity index (χ4v) is 1.53. The highest BCUT2D eigenvalue weighted by atomic mass is 32.2. The minimum atomic E-state index is 0.0653. The molecule has 0 unspecified atom stereocenters. The Morgan fingerprint density at radius 2 is 1.86 bits per heavy atom. The molecule has 0 radical (unpaired) electrons. The maximum Gasteiger partial charge on any atom is 0.141 e. The van der Waals surface area contributed by atoms with E-state index in [1.807, 2.05) is 37.3 Å². The molecule has 0 aromatic heterocycles. The number of hydrogen-bond donors (Lipinski definition) is 2. The molecule has 14 heavy (non-hydrogen) atoms. The van der Waals surface area contributed by atoms with Gasteiger partial charge in [-0.3, -0.25) is 0 Å². The van der Waals surface area contributed by atoms with Gasteiger partial charge in [0, 0.05) is 4.90 Å². The van der Waals surface area contributed by atoms with E-state index in [9.17, 15) is 0 Å². The van der Waals surface area contributed by atoms with E-state index in [0.717, 1.165) is 4.90 Å². The normalized spacial score (nSPS) is 11.7. The number of thioether (sulfide) groups is 1. The molecule has 4 heteroatoms. The summed E-state index contributed by atoms with van der Waals surface area (Å²) < 4.78 is 0. The van der Waals surface area contributed by atoms with E-state index >= 15 is 0 Å². The Balaban J connectivity index is 2.81. The number of hydrogen-bond acceptors (Lipinski definition) is 4. The standard InChI is InChI=1S/C10H11N3S/c1-7-2-4-8(5-3-7)14-10(13)9(12)6-11/h2-5H,12-13H2,1H3. The third kappa shape index (κ3) is 2.71. The molecular weight excluding hydrogens is 194 g/mol. The Morgan fingerprint density at radius 3 is 2.36 bits per heavy atom. The quantitative estimate of drug-likeness (QED) is 0.569. The molecule has 0 aliphatic carbocycles. The molecule has 0 fully saturated rings. The van der Waals surface area contributed by atoms with Gasteiger partial charge in [-0.25, -0.2) is 0 Å². The fourth-order valence-electron chi connectivity index (χ4n) is 0.843. The lowest BCUT2D eigenvalue weighted by Gasteiger charge is -2.02. The van der Waals surface area contributed by atoms with Gasteiger partial charge in [-0.2, -0.15) is 5.26 Å². The number of nitrogens with two attached hydrogens (primary N) is 2. The summed E-state index contributed by atoms with van der Waals surface area (Å²) in [5, 5.41) is 8.84. The molecule has 72 valence electrons. The average molecular weight is 205 g/mol. The predicted molar refractivity (Wildman–Crippen MR) is 58.0 cm³/mol. The summed E-state index contributed by atoms with van der Waals surface area (Å²) >= 11 is 1.29. The van der Waals surface area contributed by atoms with Gasteiger partial charge in [0.2, 0.25) is 0 Å². The van der Waals surface area contributed by atoms with Crippen LogP contribution < -0.4 is 11.5 Å². The van der Waals surface area contributed by atoms with E-state index in [1.165, 1.54) is 17.3 Å². The summed E-state index contributed by atoms with van der Waals surface area (Å²) in [6, 6.07) is 9.66. The van der Waals surface area contributed by atoms with Gasteiger partial charge in [0.1, 0.15) is 16.8 Å². The number of nitrogens with zero attached hydrogens (tertiary/aromatic N) is 1. The van der Waals surface area contributed by atoms with Crippen molar-refractivity contribution in [1.29, 1.82) is 5.26 Å². The summed E-state index contributed by atoms with van der Waals surface area (Å²) in [5.74, 6) is 0. The van der Waals surface area contributed by atoms with Crippen LogP contribution in [0.4, 0.5) is 0 Å². The highest BCUT2D eigenvalue weighted by Gasteiger charge is 2.00. The summed E-state index contributed by atoms with van der Waals surface area (Å²) in [6.07, 6.45) is 0. The second-order valence-corrected chi connectivity index (χ2v) is 3.92. The predicted octanol–water partition coefficient (Wildman–Crippen LogP) is 1.70. The van der Waals surface area contributed by atoms with Gasteiger partial charge in [0.25, 0.3) is 0 Å². The van der Waals surface area contributed by atoms with Gasteiger partial charge in [-0.05, 0) is 19.1 Å². The molecular formula is C10H11N3S. The summed E-state index contributed by atoms with van der Waals surface area (Å²) in [7, 11) is 0. The Bertz CT molecular complexity index is 387. The maximum atomic E-state index is 8.50. The number of nitriles is 1. The van der Waals surface area contributed by atoms with Crippen molar-refractivity contribution in [2.24, 2.45) is 11.5 Å². The molecule has 1 aromatic rings. The fraction of sp³-hybridized carbons (Fsp3) is 0.100. The molecule has 0 aliphatic heterocycles. The van der Waals surface area contributed by atoms with Crippen LogP contribution in [-0.4, -0.2) is 0 Å². The van der Waals surface area contributed by atoms with Gasteiger partial charge >= 0.3 is 0 Å². The van der Waals surface area contributed by atoms with Crippen molar-refractivity contribution >= 4 is 11.8 Å². The summed E-state index contributed by atoms with van der Waals surface area (Å²) in [4.78, 5) is 0.978. The first-order valence-electron chi connectivity index (χ1n) is 4.03. The van der Waals surface area contributed by atoms with E-state index in [2.05, 4.69) is 0 Å². The number of benzene rings is 1. The zero-order valence-electron chi connectivity index (χ0n) is 7.82. The molecule has 0 saturated carbocycles. The zero-order valence-corrected chi connectivity index (χ0v) is 8.64. The number of allylic oxidation sites excluding steroid dienone is 1. The maximum absolute atomic E-state index is 8.50. The van der Waals surface area contributed by atoms with Crippen LogP contribution >= 0.6 is 11.8 Å². The van der Waals surface area contributed by atoms with Crippen LogP contribution in [0.2, 0.25) is 0 Å². The third-order valence-electron chi connectivity index (χ3n) is 1.63. The molecule has 4 N–H and O–H groups in total. The smallest absolute Gasteiger partial charge is 0.141 e. The van der Waals surface area contributed by atoms with Crippen molar-refractivity contribution in [2.75, 3.05) is 0 Å². The van der Waals surface area contributed by atoms with Crippen LogP contribution in [0.15, 0.2) is 39.9 Å². The monoisotopic (exact) mass is 205 g/mol. The van der Waals surface area contributed by atoms with E-state index in [-0.39, 0.29) is 5.70 Å². The zero-order chi connectivity index (χ0) is 10.6. The van der Waals surface area contributed by atoms with Crippen LogP contribution in [0.5, 0.6) is 0 Å². The van der Waals surface area contributed by atoms with Gasteiger partial charge in [0.05, 0.1) is 0 Å². The minimum Gasteiger partial charge on any atom is -0.391 e. The van der Waals surface area contributed by atoms with E-state index in [4.69, 9.17) is 16.7 Å². The van der Waals surface area contributed by atoms with Gasteiger partial charge in [0.15, 0.2) is 0 Å². The Hall–Kier alpha value is -1.60. The summed E-state index contributed by atoms with van der Waals surface area (Å²) in [6.45, 7) is 2.01. The van der Waals surface area contributed by atoms with E-state index in [1.54, 1.807) is 0 Å². The first kappa shape index (κ1) is 10.5. The molecule has 0 heterocycles. The molecule has 1 rings (SSSR count).